The largest absolute Gasteiger partial charge is 0.492 e. The minimum atomic E-state index is 0.488. The van der Waals surface area contributed by atoms with Gasteiger partial charge in [0.05, 0.1) is 19.4 Å². The molecule has 1 aromatic heterocycles. The molecule has 0 aromatic carbocycles. The first-order valence-electron chi connectivity index (χ1n) is 4.67. The third kappa shape index (κ3) is 2.59. The second-order valence-electron chi connectivity index (χ2n) is 3.36. The zero-order valence-corrected chi connectivity index (χ0v) is 8.54. The summed E-state index contributed by atoms with van der Waals surface area (Å²) in [6.45, 7) is 2.36. The Kier molecular flexibility index (Phi) is 3.22. The lowest BCUT2D eigenvalue weighted by molar-refractivity contribution is 0.167. The Labute approximate surface area is 88.0 Å². The maximum Gasteiger partial charge on any atom is 0.137 e. The van der Waals surface area contributed by atoms with Crippen molar-refractivity contribution in [1.29, 1.82) is 0 Å². The molecule has 76 valence electrons. The first kappa shape index (κ1) is 9.74. The third-order valence-electron chi connectivity index (χ3n) is 2.21. The summed E-state index contributed by atoms with van der Waals surface area (Å²) in [5.41, 5.74) is 0. The van der Waals surface area contributed by atoms with Crippen LogP contribution in [0.4, 0.5) is 0 Å². The van der Waals surface area contributed by atoms with Crippen molar-refractivity contribution in [1.82, 2.24) is 4.98 Å². The lowest BCUT2D eigenvalue weighted by Crippen LogP contribution is -2.11. The number of pyridine rings is 1. The summed E-state index contributed by atoms with van der Waals surface area (Å²) in [5.74, 6) is 1.28. The van der Waals surface area contributed by atoms with E-state index in [-0.39, 0.29) is 0 Å². The van der Waals surface area contributed by atoms with Crippen LogP contribution in [-0.4, -0.2) is 24.8 Å². The molecule has 2 heterocycles. The summed E-state index contributed by atoms with van der Waals surface area (Å²) in [4.78, 5) is 3.93. The SMILES string of the molecule is Clc1ccc(OCC2CCOC2)cn1. The van der Waals surface area contributed by atoms with Gasteiger partial charge < -0.3 is 9.47 Å². The molecule has 0 spiro atoms. The third-order valence-corrected chi connectivity index (χ3v) is 2.43. The molecule has 1 atom stereocenters. The molecule has 1 aliphatic heterocycles. The van der Waals surface area contributed by atoms with Crippen LogP contribution in [0.25, 0.3) is 0 Å². The highest BCUT2D eigenvalue weighted by atomic mass is 35.5. The van der Waals surface area contributed by atoms with E-state index in [0.29, 0.717) is 17.7 Å². The van der Waals surface area contributed by atoms with Gasteiger partial charge in [0.15, 0.2) is 0 Å². The van der Waals surface area contributed by atoms with Crippen LogP contribution in [0.3, 0.4) is 0 Å². The quantitative estimate of drug-likeness (QED) is 0.721. The summed E-state index contributed by atoms with van der Waals surface area (Å²) in [6.07, 6.45) is 2.72. The topological polar surface area (TPSA) is 31.4 Å². The molecule has 2 rings (SSSR count). The van der Waals surface area contributed by atoms with Gasteiger partial charge in [0, 0.05) is 12.5 Å². The van der Waals surface area contributed by atoms with Gasteiger partial charge in [-0.2, -0.15) is 0 Å². The van der Waals surface area contributed by atoms with E-state index in [1.165, 1.54) is 0 Å². The molecule has 0 N–H and O–H groups in total. The molecule has 1 aliphatic rings. The molecular weight excluding hydrogens is 202 g/mol. The van der Waals surface area contributed by atoms with Gasteiger partial charge in [-0.05, 0) is 18.6 Å². The first-order chi connectivity index (χ1) is 6.84. The van der Waals surface area contributed by atoms with Gasteiger partial charge in [-0.1, -0.05) is 11.6 Å². The van der Waals surface area contributed by atoms with Crippen LogP contribution in [0, 0.1) is 5.92 Å². The van der Waals surface area contributed by atoms with Gasteiger partial charge >= 0.3 is 0 Å². The lowest BCUT2D eigenvalue weighted by atomic mass is 10.1. The molecule has 1 unspecified atom stereocenters. The Bertz CT molecular complexity index is 283. The fraction of sp³-hybridized carbons (Fsp3) is 0.500. The van der Waals surface area contributed by atoms with Gasteiger partial charge in [0.1, 0.15) is 10.9 Å². The lowest BCUT2D eigenvalue weighted by Gasteiger charge is -2.09. The van der Waals surface area contributed by atoms with Gasteiger partial charge in [-0.15, -0.1) is 0 Å². The number of nitrogens with zero attached hydrogens (tertiary/aromatic N) is 1. The summed E-state index contributed by atoms with van der Waals surface area (Å²) in [6, 6.07) is 3.55. The minimum Gasteiger partial charge on any atom is -0.492 e. The second-order valence-corrected chi connectivity index (χ2v) is 3.74. The van der Waals surface area contributed by atoms with Crippen LogP contribution >= 0.6 is 11.6 Å². The molecule has 1 aromatic rings. The van der Waals surface area contributed by atoms with Crippen LogP contribution in [-0.2, 0) is 4.74 Å². The predicted octanol–water partition coefficient (Wildman–Crippen LogP) is 2.15. The van der Waals surface area contributed by atoms with Crippen LogP contribution in [0.1, 0.15) is 6.42 Å². The van der Waals surface area contributed by atoms with Crippen molar-refractivity contribution < 1.29 is 9.47 Å². The van der Waals surface area contributed by atoms with Gasteiger partial charge in [0.2, 0.25) is 0 Å². The molecule has 1 fully saturated rings. The van der Waals surface area contributed by atoms with E-state index in [0.717, 1.165) is 25.4 Å². The monoisotopic (exact) mass is 213 g/mol. The number of halogens is 1. The van der Waals surface area contributed by atoms with Crippen molar-refractivity contribution in [2.24, 2.45) is 5.92 Å². The smallest absolute Gasteiger partial charge is 0.137 e. The molecule has 14 heavy (non-hydrogen) atoms. The minimum absolute atomic E-state index is 0.488. The maximum absolute atomic E-state index is 5.65. The van der Waals surface area contributed by atoms with Crippen molar-refractivity contribution in [3.05, 3.63) is 23.5 Å². The van der Waals surface area contributed by atoms with Gasteiger partial charge in [0.25, 0.3) is 0 Å². The van der Waals surface area contributed by atoms with E-state index in [9.17, 15) is 0 Å². The Morgan fingerprint density at radius 2 is 2.50 bits per heavy atom. The average Bonchev–Trinajstić information content (AvgIpc) is 2.70. The molecule has 0 amide bonds. The summed E-state index contributed by atoms with van der Waals surface area (Å²) >= 11 is 5.65. The Balaban J connectivity index is 1.82. The van der Waals surface area contributed by atoms with E-state index >= 15 is 0 Å². The van der Waals surface area contributed by atoms with Crippen molar-refractivity contribution >= 4 is 11.6 Å². The van der Waals surface area contributed by atoms with Crippen molar-refractivity contribution in [2.45, 2.75) is 6.42 Å². The number of hydrogen-bond acceptors (Lipinski definition) is 3. The zero-order valence-electron chi connectivity index (χ0n) is 7.78. The van der Waals surface area contributed by atoms with E-state index in [1.807, 2.05) is 6.07 Å². The van der Waals surface area contributed by atoms with Crippen LogP contribution in [0.15, 0.2) is 18.3 Å². The number of rotatable bonds is 3. The Morgan fingerprint density at radius 3 is 3.14 bits per heavy atom. The maximum atomic E-state index is 5.65. The highest BCUT2D eigenvalue weighted by Crippen LogP contribution is 2.16. The van der Waals surface area contributed by atoms with Crippen LogP contribution in [0.5, 0.6) is 5.75 Å². The summed E-state index contributed by atoms with van der Waals surface area (Å²) in [5, 5.41) is 0.488. The zero-order chi connectivity index (χ0) is 9.80. The predicted molar refractivity (Wildman–Crippen MR) is 53.7 cm³/mol. The van der Waals surface area contributed by atoms with Crippen LogP contribution < -0.4 is 4.74 Å². The normalized spacial score (nSPS) is 21.1. The summed E-state index contributed by atoms with van der Waals surface area (Å²) < 4.78 is 10.8. The molecule has 0 radical (unpaired) electrons. The Morgan fingerprint density at radius 1 is 1.57 bits per heavy atom. The van der Waals surface area contributed by atoms with Crippen molar-refractivity contribution in [3.8, 4) is 5.75 Å². The number of ether oxygens (including phenoxy) is 2. The van der Waals surface area contributed by atoms with E-state index in [4.69, 9.17) is 21.1 Å². The molecule has 4 heteroatoms. The number of hydrogen-bond donors (Lipinski definition) is 0. The van der Waals surface area contributed by atoms with Crippen LogP contribution in [0.2, 0.25) is 5.15 Å². The van der Waals surface area contributed by atoms with Crippen molar-refractivity contribution in [3.63, 3.8) is 0 Å². The fourth-order valence-electron chi connectivity index (χ4n) is 1.38. The Hall–Kier alpha value is -0.800. The summed E-state index contributed by atoms with van der Waals surface area (Å²) in [7, 11) is 0. The second kappa shape index (κ2) is 4.62. The van der Waals surface area contributed by atoms with E-state index in [2.05, 4.69) is 4.98 Å². The average molecular weight is 214 g/mol. The number of aromatic nitrogens is 1. The fourth-order valence-corrected chi connectivity index (χ4v) is 1.49. The molecule has 0 bridgehead atoms. The molecule has 1 saturated heterocycles. The molecular formula is C10H12ClNO2. The highest BCUT2D eigenvalue weighted by molar-refractivity contribution is 6.29. The van der Waals surface area contributed by atoms with Gasteiger partial charge in [-0.3, -0.25) is 0 Å². The molecule has 0 aliphatic carbocycles. The van der Waals surface area contributed by atoms with E-state index < -0.39 is 0 Å². The first-order valence-corrected chi connectivity index (χ1v) is 5.04. The van der Waals surface area contributed by atoms with E-state index in [1.54, 1.807) is 12.3 Å². The molecule has 0 saturated carbocycles. The molecule has 3 nitrogen and oxygen atoms in total. The standard InChI is InChI=1S/C10H12ClNO2/c11-10-2-1-9(5-12-10)14-7-8-3-4-13-6-8/h1-2,5,8H,3-4,6-7H2. The van der Waals surface area contributed by atoms with Gasteiger partial charge in [-0.25, -0.2) is 4.98 Å². The highest BCUT2D eigenvalue weighted by Gasteiger charge is 2.15. The van der Waals surface area contributed by atoms with Crippen molar-refractivity contribution in [2.75, 3.05) is 19.8 Å².